The zero-order valence-corrected chi connectivity index (χ0v) is 15.5. The number of benzene rings is 1. The molecule has 0 fully saturated rings. The maximum absolute atomic E-state index is 12.4. The lowest BCUT2D eigenvalue weighted by Gasteiger charge is -2.12. The van der Waals surface area contributed by atoms with Gasteiger partial charge in [-0.15, -0.1) is 6.58 Å². The van der Waals surface area contributed by atoms with Crippen molar-refractivity contribution in [3.05, 3.63) is 82.3 Å². The lowest BCUT2D eigenvalue weighted by Crippen LogP contribution is -2.25. The van der Waals surface area contributed by atoms with E-state index in [-0.39, 0.29) is 28.8 Å². The van der Waals surface area contributed by atoms with Crippen LogP contribution in [-0.2, 0) is 0 Å². The zero-order chi connectivity index (χ0) is 19.9. The minimum atomic E-state index is -0.376. The van der Waals surface area contributed by atoms with Crippen LogP contribution in [0.3, 0.4) is 0 Å². The highest BCUT2D eigenvalue weighted by atomic mass is 35.5. The zero-order valence-electron chi connectivity index (χ0n) is 14.7. The maximum atomic E-state index is 12.4. The minimum Gasteiger partial charge on any atom is -0.348 e. The third-order valence-electron chi connectivity index (χ3n) is 3.56. The van der Waals surface area contributed by atoms with Gasteiger partial charge in [-0.1, -0.05) is 23.7 Å². The van der Waals surface area contributed by atoms with Crippen LogP contribution in [-0.4, -0.2) is 27.4 Å². The topological polar surface area (TPSA) is 112 Å². The van der Waals surface area contributed by atoms with E-state index in [1.165, 1.54) is 12.3 Å². The molecule has 8 nitrogen and oxygen atoms in total. The summed E-state index contributed by atoms with van der Waals surface area (Å²) in [4.78, 5) is 35.1. The van der Waals surface area contributed by atoms with Crippen molar-refractivity contribution in [1.82, 2.24) is 20.3 Å². The summed E-state index contributed by atoms with van der Waals surface area (Å²) in [5.74, 6) is 0.512. The predicted molar refractivity (Wildman–Crippen MR) is 110 cm³/mol. The Hall–Kier alpha value is -3.65. The Kier molecular flexibility index (Phi) is 6.03. The molecule has 0 bridgehead atoms. The highest BCUT2D eigenvalue weighted by Crippen LogP contribution is 2.21. The summed E-state index contributed by atoms with van der Waals surface area (Å²) in [5.41, 5.74) is 0.664. The molecule has 0 aliphatic carbocycles. The number of hydrogen-bond donors (Lipinski definition) is 4. The molecular formula is C19H17ClN6O2. The highest BCUT2D eigenvalue weighted by molar-refractivity contribution is 6.30. The van der Waals surface area contributed by atoms with Crippen LogP contribution in [0.5, 0.6) is 0 Å². The number of carbonyl (C=O) groups is 1. The van der Waals surface area contributed by atoms with Crippen molar-refractivity contribution < 1.29 is 4.79 Å². The Labute approximate surface area is 165 Å². The average Bonchev–Trinajstić information content (AvgIpc) is 2.68. The number of halogens is 1. The van der Waals surface area contributed by atoms with Gasteiger partial charge in [0.05, 0.1) is 0 Å². The van der Waals surface area contributed by atoms with Gasteiger partial charge >= 0.3 is 0 Å². The first-order valence-corrected chi connectivity index (χ1v) is 8.68. The maximum Gasteiger partial charge on any atom is 0.256 e. The van der Waals surface area contributed by atoms with Crippen molar-refractivity contribution in [3.8, 4) is 0 Å². The fourth-order valence-electron chi connectivity index (χ4n) is 2.27. The van der Waals surface area contributed by atoms with E-state index in [9.17, 15) is 9.59 Å². The second kappa shape index (κ2) is 8.83. The van der Waals surface area contributed by atoms with Crippen LogP contribution >= 0.6 is 11.6 Å². The molecule has 4 N–H and O–H groups in total. The highest BCUT2D eigenvalue weighted by Gasteiger charge is 2.15. The first kappa shape index (κ1) is 19.1. The Morgan fingerprint density at radius 2 is 1.96 bits per heavy atom. The minimum absolute atomic E-state index is 0.216. The van der Waals surface area contributed by atoms with Gasteiger partial charge in [0.1, 0.15) is 17.2 Å². The third-order valence-corrected chi connectivity index (χ3v) is 3.81. The van der Waals surface area contributed by atoms with Gasteiger partial charge in [0.15, 0.2) is 0 Å². The molecule has 2 aromatic heterocycles. The molecule has 28 heavy (non-hydrogen) atoms. The second-order valence-electron chi connectivity index (χ2n) is 5.64. The molecule has 3 rings (SSSR count). The Balaban J connectivity index is 1.93. The van der Waals surface area contributed by atoms with Gasteiger partial charge < -0.3 is 20.9 Å². The van der Waals surface area contributed by atoms with Gasteiger partial charge in [0, 0.05) is 29.5 Å². The van der Waals surface area contributed by atoms with Crippen molar-refractivity contribution in [2.45, 2.75) is 0 Å². The number of hydrogen-bond acceptors (Lipinski definition) is 6. The fraction of sp³-hybridized carbons (Fsp3) is 0.0526. The number of H-pyrrole nitrogens is 1. The lowest BCUT2D eigenvalue weighted by atomic mass is 10.2. The van der Waals surface area contributed by atoms with E-state index in [0.29, 0.717) is 17.4 Å². The molecule has 0 radical (unpaired) electrons. The van der Waals surface area contributed by atoms with Crippen molar-refractivity contribution in [1.29, 1.82) is 0 Å². The van der Waals surface area contributed by atoms with E-state index < -0.39 is 0 Å². The van der Waals surface area contributed by atoms with E-state index in [1.807, 2.05) is 0 Å². The van der Waals surface area contributed by atoms with Crippen LogP contribution in [0.15, 0.2) is 66.1 Å². The molecule has 1 aromatic carbocycles. The SMILES string of the molecule is C=CCNC(=O)c1cnc(Nc2ccc(Cl)cc2)nc1Nc1cccc(=O)[nH]1. The molecule has 0 aliphatic heterocycles. The summed E-state index contributed by atoms with van der Waals surface area (Å²) >= 11 is 5.89. The standard InChI is InChI=1S/C19H17ClN6O2/c1-2-10-21-18(28)14-11-22-19(23-13-8-6-12(20)7-9-13)26-17(14)25-15-4-3-5-16(27)24-15/h2-9,11H,1,10H2,(H,21,28)(H3,22,23,24,25,26,27). The summed E-state index contributed by atoms with van der Waals surface area (Å²) in [6, 6.07) is 11.6. The summed E-state index contributed by atoms with van der Waals surface area (Å²) in [5, 5.41) is 9.27. The lowest BCUT2D eigenvalue weighted by molar-refractivity contribution is 0.0958. The number of nitrogens with zero attached hydrogens (tertiary/aromatic N) is 2. The number of pyridine rings is 1. The molecule has 0 spiro atoms. The first-order chi connectivity index (χ1) is 13.5. The van der Waals surface area contributed by atoms with Crippen molar-refractivity contribution in [2.24, 2.45) is 0 Å². The van der Waals surface area contributed by atoms with Crippen molar-refractivity contribution >= 4 is 40.8 Å². The molecular weight excluding hydrogens is 380 g/mol. The van der Waals surface area contributed by atoms with Crippen LogP contribution < -0.4 is 21.5 Å². The van der Waals surface area contributed by atoms with Crippen LogP contribution in [0.4, 0.5) is 23.3 Å². The predicted octanol–water partition coefficient (Wildman–Crippen LogP) is 3.22. The number of anilines is 4. The number of aromatic nitrogens is 3. The molecule has 2 heterocycles. The van der Waals surface area contributed by atoms with E-state index in [4.69, 9.17) is 11.6 Å². The number of aromatic amines is 1. The number of carbonyl (C=O) groups excluding carboxylic acids is 1. The van der Waals surface area contributed by atoms with Gasteiger partial charge in [0.25, 0.3) is 5.91 Å². The molecule has 0 saturated carbocycles. The molecule has 0 aliphatic rings. The molecule has 142 valence electrons. The largest absolute Gasteiger partial charge is 0.348 e. The van der Waals surface area contributed by atoms with Gasteiger partial charge in [0.2, 0.25) is 11.5 Å². The molecule has 0 unspecified atom stereocenters. The number of amides is 1. The van der Waals surface area contributed by atoms with Crippen LogP contribution in [0.1, 0.15) is 10.4 Å². The summed E-state index contributed by atoms with van der Waals surface area (Å²) in [7, 11) is 0. The summed E-state index contributed by atoms with van der Waals surface area (Å²) in [6.07, 6.45) is 2.96. The number of nitrogens with one attached hydrogen (secondary N) is 4. The second-order valence-corrected chi connectivity index (χ2v) is 6.08. The Morgan fingerprint density at radius 3 is 2.68 bits per heavy atom. The Morgan fingerprint density at radius 1 is 1.18 bits per heavy atom. The van der Waals surface area contributed by atoms with Gasteiger partial charge in [-0.05, 0) is 30.3 Å². The third kappa shape index (κ3) is 4.95. The molecule has 9 heteroatoms. The molecule has 3 aromatic rings. The van der Waals surface area contributed by atoms with E-state index >= 15 is 0 Å². The molecule has 0 saturated heterocycles. The number of rotatable bonds is 7. The van der Waals surface area contributed by atoms with Crippen molar-refractivity contribution in [3.63, 3.8) is 0 Å². The fourth-order valence-corrected chi connectivity index (χ4v) is 2.40. The van der Waals surface area contributed by atoms with E-state index in [2.05, 4.69) is 37.5 Å². The van der Waals surface area contributed by atoms with Crippen LogP contribution in [0.25, 0.3) is 0 Å². The molecule has 0 atom stereocenters. The van der Waals surface area contributed by atoms with Gasteiger partial charge in [-0.2, -0.15) is 4.98 Å². The van der Waals surface area contributed by atoms with Crippen LogP contribution in [0.2, 0.25) is 5.02 Å². The summed E-state index contributed by atoms with van der Waals surface area (Å²) in [6.45, 7) is 3.87. The molecule has 1 amide bonds. The van der Waals surface area contributed by atoms with Crippen LogP contribution in [0, 0.1) is 0 Å². The monoisotopic (exact) mass is 396 g/mol. The first-order valence-electron chi connectivity index (χ1n) is 8.30. The normalized spacial score (nSPS) is 10.2. The quantitative estimate of drug-likeness (QED) is 0.456. The van der Waals surface area contributed by atoms with Gasteiger partial charge in [-0.25, -0.2) is 4.98 Å². The van der Waals surface area contributed by atoms with E-state index in [1.54, 1.807) is 42.5 Å². The Bertz CT molecular complexity index is 1050. The summed E-state index contributed by atoms with van der Waals surface area (Å²) < 4.78 is 0. The van der Waals surface area contributed by atoms with E-state index in [0.717, 1.165) is 5.69 Å². The van der Waals surface area contributed by atoms with Gasteiger partial charge in [-0.3, -0.25) is 9.59 Å². The average molecular weight is 397 g/mol. The van der Waals surface area contributed by atoms with Crippen molar-refractivity contribution in [2.75, 3.05) is 17.2 Å². The smallest absolute Gasteiger partial charge is 0.256 e.